The summed E-state index contributed by atoms with van der Waals surface area (Å²) in [7, 11) is 0. The van der Waals surface area contributed by atoms with Gasteiger partial charge in [-0.15, -0.1) is 0 Å². The van der Waals surface area contributed by atoms with Gasteiger partial charge >= 0.3 is 6.03 Å². The molecule has 0 radical (unpaired) electrons. The number of amides is 3. The number of carbonyl (C=O) groups is 2. The molecule has 1 aromatic carbocycles. The Morgan fingerprint density at radius 1 is 1.09 bits per heavy atom. The SMILES string of the molecule is Cc1cc(CC(C)CC(C)(C)C)n(O)c(=O)c1.O=C1CNC(=O)N1.OCc1ccccc1. The number of aliphatic hydroxyl groups excluding tert-OH is 1. The van der Waals surface area contributed by atoms with Gasteiger partial charge in [-0.3, -0.25) is 14.9 Å². The third kappa shape index (κ3) is 10.8. The summed E-state index contributed by atoms with van der Waals surface area (Å²) in [4.78, 5) is 31.5. The van der Waals surface area contributed by atoms with Gasteiger partial charge in [-0.1, -0.05) is 58.0 Å². The van der Waals surface area contributed by atoms with Gasteiger partial charge < -0.3 is 15.6 Å². The highest BCUT2D eigenvalue weighted by Gasteiger charge is 2.17. The minimum Gasteiger partial charge on any atom is -0.425 e. The molecule has 1 aliphatic rings. The van der Waals surface area contributed by atoms with E-state index in [1.165, 1.54) is 6.07 Å². The molecule has 0 bridgehead atoms. The first-order valence-corrected chi connectivity index (χ1v) is 10.6. The Balaban J connectivity index is 0.000000279. The number of nitrogens with one attached hydrogen (secondary N) is 2. The molecule has 1 aromatic heterocycles. The molecule has 0 aliphatic carbocycles. The van der Waals surface area contributed by atoms with E-state index < -0.39 is 6.03 Å². The number of rotatable bonds is 4. The molecule has 3 amide bonds. The molecule has 32 heavy (non-hydrogen) atoms. The summed E-state index contributed by atoms with van der Waals surface area (Å²) in [6, 6.07) is 12.4. The summed E-state index contributed by atoms with van der Waals surface area (Å²) >= 11 is 0. The van der Waals surface area contributed by atoms with Crippen molar-refractivity contribution in [3.63, 3.8) is 0 Å². The van der Waals surface area contributed by atoms with Crippen molar-refractivity contribution >= 4 is 11.9 Å². The summed E-state index contributed by atoms with van der Waals surface area (Å²) < 4.78 is 0.770. The number of aryl methyl sites for hydroxylation is 1. The van der Waals surface area contributed by atoms with Gasteiger partial charge in [0.05, 0.1) is 18.8 Å². The Kier molecular flexibility index (Phi) is 10.6. The molecule has 1 atom stereocenters. The second-order valence-electron chi connectivity index (χ2n) is 9.12. The van der Waals surface area contributed by atoms with Gasteiger partial charge in [-0.05, 0) is 48.3 Å². The Morgan fingerprint density at radius 2 is 1.72 bits per heavy atom. The van der Waals surface area contributed by atoms with Gasteiger partial charge in [0, 0.05) is 6.07 Å². The topological polar surface area (TPSA) is 121 Å². The lowest BCUT2D eigenvalue weighted by molar-refractivity contribution is -0.117. The van der Waals surface area contributed by atoms with E-state index in [0.717, 1.165) is 28.7 Å². The molecule has 1 saturated heterocycles. The molecule has 1 aliphatic heterocycles. The van der Waals surface area contributed by atoms with E-state index in [4.69, 9.17) is 5.11 Å². The summed E-state index contributed by atoms with van der Waals surface area (Å²) in [6.45, 7) is 10.9. The smallest absolute Gasteiger partial charge is 0.321 e. The van der Waals surface area contributed by atoms with Crippen LogP contribution in [0.2, 0.25) is 0 Å². The van der Waals surface area contributed by atoms with E-state index in [1.807, 2.05) is 48.6 Å². The molecule has 4 N–H and O–H groups in total. The number of aliphatic hydroxyl groups is 1. The Hall–Kier alpha value is -3.13. The van der Waals surface area contributed by atoms with Gasteiger partial charge in [-0.2, -0.15) is 4.73 Å². The summed E-state index contributed by atoms with van der Waals surface area (Å²) in [5, 5.41) is 22.5. The standard InChI is InChI=1S/C14H23NO2.C7H8O.C3H4N2O2/c1-10-6-12(15(17)13(16)8-10)7-11(2)9-14(3,4)5;8-6-7-4-2-1-3-5-7;6-2-1-4-3(7)5-2/h6,8,11,17H,7,9H2,1-5H3;1-5,8H,6H2;1H2,(H2,4,5,6,7). The van der Waals surface area contributed by atoms with Crippen LogP contribution in [0.5, 0.6) is 0 Å². The summed E-state index contributed by atoms with van der Waals surface area (Å²) in [5.74, 6) is 0.180. The summed E-state index contributed by atoms with van der Waals surface area (Å²) in [6.07, 6.45) is 1.79. The highest BCUT2D eigenvalue weighted by Crippen LogP contribution is 2.26. The van der Waals surface area contributed by atoms with Crippen LogP contribution in [0, 0.1) is 18.3 Å². The zero-order chi connectivity index (χ0) is 24.3. The average Bonchev–Trinajstić information content (AvgIpc) is 3.08. The fourth-order valence-corrected chi connectivity index (χ4v) is 3.34. The van der Waals surface area contributed by atoms with Gasteiger partial charge in [-0.25, -0.2) is 4.79 Å². The van der Waals surface area contributed by atoms with Crippen molar-refractivity contribution in [3.8, 4) is 0 Å². The predicted octanol–water partition coefficient (Wildman–Crippen LogP) is 3.01. The molecular formula is C24H35N3O5. The van der Waals surface area contributed by atoms with Crippen molar-refractivity contribution in [1.82, 2.24) is 15.4 Å². The molecule has 8 heteroatoms. The lowest BCUT2D eigenvalue weighted by Gasteiger charge is -2.23. The number of carbonyl (C=O) groups excluding carboxylic acids is 2. The molecule has 176 valence electrons. The highest BCUT2D eigenvalue weighted by molar-refractivity contribution is 6.01. The number of urea groups is 1. The predicted molar refractivity (Wildman–Crippen MR) is 123 cm³/mol. The number of aromatic nitrogens is 1. The van der Waals surface area contributed by atoms with E-state index in [0.29, 0.717) is 11.6 Å². The van der Waals surface area contributed by atoms with Gasteiger partial charge in [0.1, 0.15) is 0 Å². The number of hydrogen-bond acceptors (Lipinski definition) is 5. The van der Waals surface area contributed by atoms with Crippen molar-refractivity contribution in [2.24, 2.45) is 11.3 Å². The van der Waals surface area contributed by atoms with E-state index in [2.05, 4.69) is 33.0 Å². The molecule has 0 saturated carbocycles. The lowest BCUT2D eigenvalue weighted by Crippen LogP contribution is -2.23. The Bertz CT molecular complexity index is 919. The van der Waals surface area contributed by atoms with Gasteiger partial charge in [0.25, 0.3) is 5.56 Å². The van der Waals surface area contributed by atoms with Crippen molar-refractivity contribution in [1.29, 1.82) is 0 Å². The highest BCUT2D eigenvalue weighted by atomic mass is 16.5. The van der Waals surface area contributed by atoms with E-state index in [1.54, 1.807) is 0 Å². The minimum absolute atomic E-state index is 0.124. The van der Waals surface area contributed by atoms with Crippen LogP contribution >= 0.6 is 0 Å². The molecule has 8 nitrogen and oxygen atoms in total. The number of pyridine rings is 1. The second-order valence-corrected chi connectivity index (χ2v) is 9.12. The first-order chi connectivity index (χ1) is 14.9. The number of imide groups is 1. The average molecular weight is 446 g/mol. The molecule has 2 aromatic rings. The Labute approximate surface area is 189 Å². The van der Waals surface area contributed by atoms with E-state index in [9.17, 15) is 19.6 Å². The third-order valence-electron chi connectivity index (χ3n) is 4.43. The fraction of sp³-hybridized carbons (Fsp3) is 0.458. The Morgan fingerprint density at radius 3 is 2.12 bits per heavy atom. The zero-order valence-electron chi connectivity index (χ0n) is 19.5. The van der Waals surface area contributed by atoms with Crippen molar-refractivity contribution in [2.45, 2.75) is 54.1 Å². The molecular weight excluding hydrogens is 410 g/mol. The molecule has 2 heterocycles. The maximum absolute atomic E-state index is 11.4. The van der Waals surface area contributed by atoms with Crippen LogP contribution in [-0.4, -0.2) is 33.5 Å². The van der Waals surface area contributed by atoms with Crippen LogP contribution in [0.1, 0.15) is 50.9 Å². The number of hydrogen-bond donors (Lipinski definition) is 4. The van der Waals surface area contributed by atoms with Crippen LogP contribution in [0.25, 0.3) is 0 Å². The van der Waals surface area contributed by atoms with Crippen molar-refractivity contribution in [2.75, 3.05) is 6.54 Å². The molecule has 1 fully saturated rings. The van der Waals surface area contributed by atoms with Gasteiger partial charge in [0.2, 0.25) is 5.91 Å². The monoisotopic (exact) mass is 445 g/mol. The van der Waals surface area contributed by atoms with Crippen LogP contribution < -0.4 is 16.2 Å². The van der Waals surface area contributed by atoms with Crippen LogP contribution in [0.3, 0.4) is 0 Å². The molecule has 0 spiro atoms. The quantitative estimate of drug-likeness (QED) is 0.426. The maximum Gasteiger partial charge on any atom is 0.321 e. The maximum atomic E-state index is 11.4. The molecule has 3 rings (SSSR count). The molecule has 1 unspecified atom stereocenters. The fourth-order valence-electron chi connectivity index (χ4n) is 3.34. The summed E-state index contributed by atoms with van der Waals surface area (Å²) in [5.41, 5.74) is 2.49. The number of nitrogens with zero attached hydrogens (tertiary/aromatic N) is 1. The third-order valence-corrected chi connectivity index (χ3v) is 4.43. The van der Waals surface area contributed by atoms with E-state index in [-0.39, 0.29) is 30.0 Å². The normalized spacial score (nSPS) is 13.7. The minimum atomic E-state index is -0.398. The van der Waals surface area contributed by atoms with Crippen molar-refractivity contribution < 1.29 is 19.9 Å². The van der Waals surface area contributed by atoms with Crippen LogP contribution in [0.15, 0.2) is 47.3 Å². The first kappa shape index (κ1) is 26.9. The lowest BCUT2D eigenvalue weighted by atomic mass is 9.83. The largest absolute Gasteiger partial charge is 0.425 e. The van der Waals surface area contributed by atoms with Crippen LogP contribution in [0.4, 0.5) is 4.79 Å². The van der Waals surface area contributed by atoms with E-state index >= 15 is 0 Å². The van der Waals surface area contributed by atoms with Crippen molar-refractivity contribution in [3.05, 3.63) is 69.6 Å². The zero-order valence-corrected chi connectivity index (χ0v) is 19.5. The van der Waals surface area contributed by atoms with Gasteiger partial charge in [0.15, 0.2) is 0 Å². The van der Waals surface area contributed by atoms with Crippen LogP contribution in [-0.2, 0) is 17.8 Å². The second kappa shape index (κ2) is 12.7. The first-order valence-electron chi connectivity index (χ1n) is 10.6. The number of benzene rings is 1.